The van der Waals surface area contributed by atoms with Crippen LogP contribution in [0.2, 0.25) is 5.02 Å². The predicted octanol–water partition coefficient (Wildman–Crippen LogP) is 3.24. The molecule has 1 fully saturated rings. The zero-order valence-electron chi connectivity index (χ0n) is 16.1. The average Bonchev–Trinajstić information content (AvgIpc) is 2.71. The Bertz CT molecular complexity index is 1130. The first-order valence-corrected chi connectivity index (χ1v) is 9.62. The maximum Gasteiger partial charge on any atom is 0.249 e. The largest absolute Gasteiger partial charge is 0.484 e. The van der Waals surface area contributed by atoms with Crippen LogP contribution in [-0.4, -0.2) is 40.1 Å². The summed E-state index contributed by atoms with van der Waals surface area (Å²) in [6.45, 7) is 0.123. The van der Waals surface area contributed by atoms with Gasteiger partial charge in [-0.3, -0.25) is 4.79 Å². The molecule has 8 nitrogen and oxygen atoms in total. The lowest BCUT2D eigenvalue weighted by Crippen LogP contribution is -2.54. The van der Waals surface area contributed by atoms with Gasteiger partial charge >= 0.3 is 0 Å². The molecule has 0 bridgehead atoms. The van der Waals surface area contributed by atoms with Crippen LogP contribution in [0.25, 0.3) is 0 Å². The second-order valence-electron chi connectivity index (χ2n) is 6.82. The van der Waals surface area contributed by atoms with Crippen LogP contribution in [0, 0.1) is 5.82 Å². The molecular weight excluding hydrogens is 430 g/mol. The van der Waals surface area contributed by atoms with E-state index in [9.17, 15) is 13.6 Å². The monoisotopic (exact) mass is 446 g/mol. The van der Waals surface area contributed by atoms with E-state index in [4.69, 9.17) is 22.1 Å². The number of hydrogen-bond acceptors (Lipinski definition) is 7. The molecule has 1 aromatic heterocycles. The van der Waals surface area contributed by atoms with Crippen LogP contribution in [-0.2, 0) is 6.67 Å². The number of nitrogens with two attached hydrogens (primary N) is 1. The lowest BCUT2D eigenvalue weighted by Gasteiger charge is -2.38. The van der Waals surface area contributed by atoms with Crippen molar-refractivity contribution in [1.29, 1.82) is 0 Å². The van der Waals surface area contributed by atoms with Crippen molar-refractivity contribution in [3.63, 3.8) is 0 Å². The van der Waals surface area contributed by atoms with Gasteiger partial charge in [0.05, 0.1) is 13.1 Å². The molecule has 0 radical (unpaired) electrons. The van der Waals surface area contributed by atoms with Crippen LogP contribution in [0.15, 0.2) is 42.7 Å². The fourth-order valence-electron chi connectivity index (χ4n) is 3.06. The highest BCUT2D eigenvalue weighted by atomic mass is 35.5. The highest BCUT2D eigenvalue weighted by Gasteiger charge is 2.31. The molecule has 2 heterocycles. The fraction of sp³-hybridized carbons (Fsp3) is 0.200. The maximum absolute atomic E-state index is 13.9. The normalized spacial score (nSPS) is 13.6. The number of nitrogens with one attached hydrogen (secondary N) is 1. The Balaban J connectivity index is 1.40. The van der Waals surface area contributed by atoms with E-state index in [-0.39, 0.29) is 28.9 Å². The van der Waals surface area contributed by atoms with Gasteiger partial charge < -0.3 is 20.7 Å². The molecule has 1 aliphatic rings. The minimum Gasteiger partial charge on any atom is -0.484 e. The van der Waals surface area contributed by atoms with Crippen LogP contribution >= 0.6 is 11.6 Å². The number of anilines is 3. The lowest BCUT2D eigenvalue weighted by atomic mass is 10.1. The molecule has 1 amide bonds. The highest BCUT2D eigenvalue weighted by Crippen LogP contribution is 2.26. The van der Waals surface area contributed by atoms with Gasteiger partial charge in [0.1, 0.15) is 19.1 Å². The van der Waals surface area contributed by atoms with Crippen molar-refractivity contribution < 1.29 is 18.3 Å². The number of amides is 1. The molecule has 2 aromatic carbocycles. The number of carbonyl (C=O) groups is 1. The first-order chi connectivity index (χ1) is 14.9. The fourth-order valence-corrected chi connectivity index (χ4v) is 3.21. The summed E-state index contributed by atoms with van der Waals surface area (Å²) in [6.07, 6.45) is 1.11. The summed E-state index contributed by atoms with van der Waals surface area (Å²) in [5, 5.41) is 3.24. The number of nitrogens with zero attached hydrogens (tertiary/aromatic N) is 4. The van der Waals surface area contributed by atoms with Crippen molar-refractivity contribution >= 4 is 35.1 Å². The van der Waals surface area contributed by atoms with E-state index in [1.165, 1.54) is 30.6 Å². The molecule has 3 N–H and O–H groups in total. The highest BCUT2D eigenvalue weighted by molar-refractivity contribution is 6.30. The van der Waals surface area contributed by atoms with Gasteiger partial charge in [-0.25, -0.2) is 18.7 Å². The van der Waals surface area contributed by atoms with Gasteiger partial charge in [0.2, 0.25) is 17.8 Å². The summed E-state index contributed by atoms with van der Waals surface area (Å²) in [7, 11) is 0. The molecule has 11 heteroatoms. The number of aromatic nitrogens is 3. The quantitative estimate of drug-likeness (QED) is 0.573. The Morgan fingerprint density at radius 3 is 2.77 bits per heavy atom. The Kier molecular flexibility index (Phi) is 5.81. The Labute approximate surface area is 181 Å². The number of ether oxygens (including phenoxy) is 1. The third kappa shape index (κ3) is 4.64. The van der Waals surface area contributed by atoms with E-state index in [2.05, 4.69) is 20.3 Å². The zero-order chi connectivity index (χ0) is 22.0. The molecular formula is C20H17ClF2N6O2. The van der Waals surface area contributed by atoms with E-state index in [0.29, 0.717) is 29.7 Å². The molecule has 0 spiro atoms. The molecule has 1 aliphatic heterocycles. The third-order valence-corrected chi connectivity index (χ3v) is 4.89. The summed E-state index contributed by atoms with van der Waals surface area (Å²) >= 11 is 5.74. The molecule has 0 saturated carbocycles. The topological polar surface area (TPSA) is 106 Å². The number of primary amides is 1. The Morgan fingerprint density at radius 2 is 2.06 bits per heavy atom. The molecule has 3 aromatic rings. The van der Waals surface area contributed by atoms with Crippen molar-refractivity contribution in [2.75, 3.05) is 23.3 Å². The van der Waals surface area contributed by atoms with Crippen LogP contribution in [0.3, 0.4) is 0 Å². The first-order valence-electron chi connectivity index (χ1n) is 9.24. The van der Waals surface area contributed by atoms with Crippen LogP contribution in [0.4, 0.5) is 26.4 Å². The van der Waals surface area contributed by atoms with Crippen LogP contribution < -0.4 is 20.7 Å². The number of rotatable bonds is 7. The molecule has 0 aliphatic carbocycles. The van der Waals surface area contributed by atoms with Gasteiger partial charge in [-0.05, 0) is 35.9 Å². The van der Waals surface area contributed by atoms with Crippen LogP contribution in [0.1, 0.15) is 15.9 Å². The van der Waals surface area contributed by atoms with Crippen molar-refractivity contribution in [1.82, 2.24) is 15.0 Å². The Morgan fingerprint density at radius 1 is 1.26 bits per heavy atom. The van der Waals surface area contributed by atoms with Crippen molar-refractivity contribution in [2.24, 2.45) is 5.73 Å². The van der Waals surface area contributed by atoms with E-state index in [1.54, 1.807) is 12.1 Å². The second-order valence-corrected chi connectivity index (χ2v) is 7.26. The maximum atomic E-state index is 13.9. The second kappa shape index (κ2) is 8.68. The number of carbonyl (C=O) groups excluding carboxylic acids is 1. The smallest absolute Gasteiger partial charge is 0.249 e. The average molecular weight is 447 g/mol. The lowest BCUT2D eigenvalue weighted by molar-refractivity contribution is 0.0998. The number of benzene rings is 2. The van der Waals surface area contributed by atoms with E-state index < -0.39 is 18.4 Å². The van der Waals surface area contributed by atoms with Crippen molar-refractivity contribution in [2.45, 2.75) is 12.8 Å². The van der Waals surface area contributed by atoms with Gasteiger partial charge in [-0.2, -0.15) is 4.98 Å². The first kappa shape index (κ1) is 20.7. The standard InChI is InChI=1S/C20H17ClF2N6O2/c21-12-2-4-17(16(23)5-12)31-14-8-29(9-14)20-26-10-25-19(28-20)27-13-3-1-11(7-22)15(6-13)18(24)30/h1-6,10,14H,7-9H2,(H2,24,30)(H,25,26,27,28). The van der Waals surface area contributed by atoms with E-state index in [1.807, 2.05) is 4.90 Å². The molecule has 160 valence electrons. The minimum atomic E-state index is -0.799. The molecule has 0 unspecified atom stereocenters. The van der Waals surface area contributed by atoms with Crippen LogP contribution in [0.5, 0.6) is 5.75 Å². The number of halogens is 3. The SMILES string of the molecule is NC(=O)c1cc(Nc2ncnc(N3CC(Oc4ccc(Cl)cc4F)C3)n2)ccc1CF. The molecule has 4 rings (SSSR count). The molecule has 31 heavy (non-hydrogen) atoms. The zero-order valence-corrected chi connectivity index (χ0v) is 16.8. The van der Waals surface area contributed by atoms with Crippen molar-refractivity contribution in [3.05, 3.63) is 64.7 Å². The van der Waals surface area contributed by atoms with Gasteiger partial charge in [-0.15, -0.1) is 0 Å². The number of hydrogen-bond donors (Lipinski definition) is 2. The van der Waals surface area contributed by atoms with Gasteiger partial charge in [-0.1, -0.05) is 17.7 Å². The molecule has 1 saturated heterocycles. The summed E-state index contributed by atoms with van der Waals surface area (Å²) < 4.78 is 32.5. The summed E-state index contributed by atoms with van der Waals surface area (Å²) in [5.74, 6) is -0.469. The minimum absolute atomic E-state index is 0.0824. The van der Waals surface area contributed by atoms with Gasteiger partial charge in [0, 0.05) is 16.3 Å². The third-order valence-electron chi connectivity index (χ3n) is 4.65. The van der Waals surface area contributed by atoms with E-state index >= 15 is 0 Å². The Hall–Kier alpha value is -3.53. The summed E-state index contributed by atoms with van der Waals surface area (Å²) in [5.41, 5.74) is 6.07. The molecule has 0 atom stereocenters. The van der Waals surface area contributed by atoms with Crippen molar-refractivity contribution in [3.8, 4) is 5.75 Å². The van der Waals surface area contributed by atoms with E-state index in [0.717, 1.165) is 0 Å². The predicted molar refractivity (Wildman–Crippen MR) is 111 cm³/mol. The summed E-state index contributed by atoms with van der Waals surface area (Å²) in [6, 6.07) is 8.75. The summed E-state index contributed by atoms with van der Waals surface area (Å²) in [4.78, 5) is 25.9. The number of alkyl halides is 1. The van der Waals surface area contributed by atoms with Gasteiger partial charge in [0.15, 0.2) is 11.6 Å². The van der Waals surface area contributed by atoms with Gasteiger partial charge in [0.25, 0.3) is 0 Å².